The van der Waals surface area contributed by atoms with Gasteiger partial charge >= 0.3 is 0 Å². The van der Waals surface area contributed by atoms with Gasteiger partial charge in [0, 0.05) is 16.1 Å². The van der Waals surface area contributed by atoms with Crippen molar-refractivity contribution in [2.45, 2.75) is 19.3 Å². The molecule has 0 spiro atoms. The molecule has 4 nitrogen and oxygen atoms in total. The molecule has 23 heavy (non-hydrogen) atoms. The van der Waals surface area contributed by atoms with E-state index in [1.807, 2.05) is 25.1 Å². The van der Waals surface area contributed by atoms with Crippen LogP contribution < -0.4 is 0 Å². The van der Waals surface area contributed by atoms with Gasteiger partial charge in [-0.2, -0.15) is 0 Å². The van der Waals surface area contributed by atoms with E-state index in [0.717, 1.165) is 0 Å². The first-order valence-corrected chi connectivity index (χ1v) is 7.94. The van der Waals surface area contributed by atoms with Gasteiger partial charge in [-0.25, -0.2) is 9.90 Å². The number of hydrogen-bond acceptors (Lipinski definition) is 3. The van der Waals surface area contributed by atoms with Crippen molar-refractivity contribution < 1.29 is 14.4 Å². The maximum Gasteiger partial charge on any atom is 0.277 e. The van der Waals surface area contributed by atoms with Crippen molar-refractivity contribution in [2.75, 3.05) is 6.54 Å². The monoisotopic (exact) mass is 351 g/mol. The summed E-state index contributed by atoms with van der Waals surface area (Å²) >= 11 is 12.1. The van der Waals surface area contributed by atoms with Crippen molar-refractivity contribution in [3.8, 4) is 0 Å². The van der Waals surface area contributed by atoms with Gasteiger partial charge in [-0.05, 0) is 31.2 Å². The molecule has 0 aliphatic carbocycles. The van der Waals surface area contributed by atoms with Crippen LogP contribution in [-0.4, -0.2) is 23.6 Å². The summed E-state index contributed by atoms with van der Waals surface area (Å²) in [4.78, 5) is 18.3. The lowest BCUT2D eigenvalue weighted by molar-refractivity contribution is -0.320. The van der Waals surface area contributed by atoms with Crippen LogP contribution in [0.1, 0.15) is 29.1 Å². The minimum Gasteiger partial charge on any atom is -0.341 e. The summed E-state index contributed by atoms with van der Waals surface area (Å²) < 4.78 is 5.77. The highest BCUT2D eigenvalue weighted by molar-refractivity contribution is 6.35. The molecule has 1 saturated heterocycles. The van der Waals surface area contributed by atoms with Gasteiger partial charge in [-0.15, -0.1) is 0 Å². The van der Waals surface area contributed by atoms with Crippen LogP contribution in [0, 0.1) is 0 Å². The Kier molecular flexibility index (Phi) is 4.87. The predicted octanol–water partition coefficient (Wildman–Crippen LogP) is 4.48. The number of nitrogens with zero attached hydrogens (tertiary/aromatic N) is 1. The van der Waals surface area contributed by atoms with Crippen LogP contribution in [0.2, 0.25) is 10.0 Å². The summed E-state index contributed by atoms with van der Waals surface area (Å²) in [5.41, 5.74) is 1.19. The maximum absolute atomic E-state index is 12.6. The fourth-order valence-electron chi connectivity index (χ4n) is 2.35. The second-order valence-corrected chi connectivity index (χ2v) is 6.13. The van der Waals surface area contributed by atoms with Gasteiger partial charge in [0.2, 0.25) is 6.29 Å². The predicted molar refractivity (Wildman–Crippen MR) is 88.3 cm³/mol. The molecule has 1 heterocycles. The average molecular weight is 352 g/mol. The lowest BCUT2D eigenvalue weighted by Gasteiger charge is -2.36. The fourth-order valence-corrected chi connectivity index (χ4v) is 2.85. The zero-order valence-electron chi connectivity index (χ0n) is 12.4. The molecule has 2 aromatic carbocycles. The Balaban J connectivity index is 1.83. The first-order chi connectivity index (χ1) is 11.0. The molecule has 1 aliphatic rings. The van der Waals surface area contributed by atoms with E-state index < -0.39 is 6.29 Å². The van der Waals surface area contributed by atoms with Crippen LogP contribution in [-0.2, 0) is 9.57 Å². The van der Waals surface area contributed by atoms with Crippen molar-refractivity contribution >= 4 is 29.1 Å². The SMILES string of the molecule is CC1CN(C(=O)c2ccccc2)OC(c2ccc(Cl)cc2Cl)O1. The molecule has 0 aromatic heterocycles. The Morgan fingerprint density at radius 2 is 1.91 bits per heavy atom. The van der Waals surface area contributed by atoms with Crippen molar-refractivity contribution in [1.29, 1.82) is 0 Å². The van der Waals surface area contributed by atoms with E-state index in [2.05, 4.69) is 0 Å². The van der Waals surface area contributed by atoms with Gasteiger partial charge in [-0.3, -0.25) is 4.79 Å². The molecule has 2 unspecified atom stereocenters. The molecule has 3 rings (SSSR count). The summed E-state index contributed by atoms with van der Waals surface area (Å²) in [6, 6.07) is 14.0. The number of ether oxygens (including phenoxy) is 1. The van der Waals surface area contributed by atoms with Crippen molar-refractivity contribution in [1.82, 2.24) is 5.06 Å². The Morgan fingerprint density at radius 1 is 1.17 bits per heavy atom. The Hall–Kier alpha value is -1.59. The van der Waals surface area contributed by atoms with E-state index in [0.29, 0.717) is 27.7 Å². The largest absolute Gasteiger partial charge is 0.341 e. The molecule has 2 atom stereocenters. The number of amides is 1. The number of hydroxylamine groups is 2. The molecule has 2 aromatic rings. The Labute approximate surface area is 144 Å². The average Bonchev–Trinajstić information content (AvgIpc) is 2.54. The summed E-state index contributed by atoms with van der Waals surface area (Å²) in [7, 11) is 0. The van der Waals surface area contributed by atoms with Gasteiger partial charge in [0.1, 0.15) is 0 Å². The standard InChI is InChI=1S/C17H15Cl2NO3/c1-11-10-20(16(21)12-5-3-2-4-6-12)23-17(22-11)14-8-7-13(18)9-15(14)19/h2-9,11,17H,10H2,1H3. The molecule has 0 N–H and O–H groups in total. The summed E-state index contributed by atoms with van der Waals surface area (Å²) in [6.07, 6.45) is -0.940. The second-order valence-electron chi connectivity index (χ2n) is 5.28. The molecule has 1 aliphatic heterocycles. The van der Waals surface area contributed by atoms with Crippen LogP contribution in [0.4, 0.5) is 0 Å². The zero-order chi connectivity index (χ0) is 16.4. The van der Waals surface area contributed by atoms with Crippen molar-refractivity contribution in [2.24, 2.45) is 0 Å². The second kappa shape index (κ2) is 6.89. The molecule has 0 radical (unpaired) electrons. The fraction of sp³-hybridized carbons (Fsp3) is 0.235. The first kappa shape index (κ1) is 16.3. The first-order valence-electron chi connectivity index (χ1n) is 7.18. The number of benzene rings is 2. The van der Waals surface area contributed by atoms with E-state index >= 15 is 0 Å². The molecule has 1 amide bonds. The normalized spacial score (nSPS) is 21.3. The van der Waals surface area contributed by atoms with Gasteiger partial charge in [0.25, 0.3) is 5.91 Å². The lowest BCUT2D eigenvalue weighted by Crippen LogP contribution is -2.44. The number of carbonyl (C=O) groups is 1. The van der Waals surface area contributed by atoms with Gasteiger partial charge < -0.3 is 4.74 Å². The highest BCUT2D eigenvalue weighted by atomic mass is 35.5. The van der Waals surface area contributed by atoms with Crippen molar-refractivity contribution in [3.05, 3.63) is 69.7 Å². The van der Waals surface area contributed by atoms with E-state index in [9.17, 15) is 4.79 Å². The van der Waals surface area contributed by atoms with Crippen molar-refractivity contribution in [3.63, 3.8) is 0 Å². The quantitative estimate of drug-likeness (QED) is 0.800. The highest BCUT2D eigenvalue weighted by Crippen LogP contribution is 2.33. The van der Waals surface area contributed by atoms with Gasteiger partial charge in [0.15, 0.2) is 0 Å². The van der Waals surface area contributed by atoms with Gasteiger partial charge in [0.05, 0.1) is 17.7 Å². The highest BCUT2D eigenvalue weighted by Gasteiger charge is 2.32. The number of carbonyl (C=O) groups excluding carboxylic acids is 1. The number of hydrogen-bond donors (Lipinski definition) is 0. The minimum absolute atomic E-state index is 0.187. The number of halogens is 2. The van der Waals surface area contributed by atoms with E-state index in [1.165, 1.54) is 5.06 Å². The van der Waals surface area contributed by atoms with Crippen LogP contribution >= 0.6 is 23.2 Å². The third-order valence-electron chi connectivity index (χ3n) is 3.47. The Bertz CT molecular complexity index is 708. The van der Waals surface area contributed by atoms with Crippen LogP contribution in [0.5, 0.6) is 0 Å². The molecule has 0 saturated carbocycles. The molecule has 0 bridgehead atoms. The van der Waals surface area contributed by atoms with E-state index in [-0.39, 0.29) is 12.0 Å². The molecule has 6 heteroatoms. The number of rotatable bonds is 2. The topological polar surface area (TPSA) is 38.8 Å². The zero-order valence-corrected chi connectivity index (χ0v) is 13.9. The smallest absolute Gasteiger partial charge is 0.277 e. The molecular formula is C17H15Cl2NO3. The molecule has 120 valence electrons. The molecular weight excluding hydrogens is 337 g/mol. The van der Waals surface area contributed by atoms with E-state index in [4.69, 9.17) is 32.8 Å². The van der Waals surface area contributed by atoms with E-state index in [1.54, 1.807) is 30.3 Å². The lowest BCUT2D eigenvalue weighted by atomic mass is 10.2. The molecule has 1 fully saturated rings. The van der Waals surface area contributed by atoms with Crippen LogP contribution in [0.3, 0.4) is 0 Å². The maximum atomic E-state index is 12.6. The third-order valence-corrected chi connectivity index (χ3v) is 4.03. The summed E-state index contributed by atoms with van der Waals surface area (Å²) in [5, 5.41) is 2.28. The summed E-state index contributed by atoms with van der Waals surface area (Å²) in [5.74, 6) is -0.212. The minimum atomic E-state index is -0.754. The van der Waals surface area contributed by atoms with Crippen LogP contribution in [0.15, 0.2) is 48.5 Å². The van der Waals surface area contributed by atoms with Crippen LogP contribution in [0.25, 0.3) is 0 Å². The van der Waals surface area contributed by atoms with Gasteiger partial charge in [-0.1, -0.05) is 47.5 Å². The summed E-state index contributed by atoms with van der Waals surface area (Å²) in [6.45, 7) is 2.22. The Morgan fingerprint density at radius 3 is 2.61 bits per heavy atom. The third kappa shape index (κ3) is 3.67.